The number of ether oxygens (including phenoxy) is 2. The van der Waals surface area contributed by atoms with Gasteiger partial charge in [0, 0.05) is 19.1 Å². The van der Waals surface area contributed by atoms with E-state index in [0.29, 0.717) is 13.0 Å². The minimum Gasteiger partial charge on any atom is -0.493 e. The second kappa shape index (κ2) is 6.06. The zero-order chi connectivity index (χ0) is 14.8. The Balaban J connectivity index is 1.71. The van der Waals surface area contributed by atoms with Gasteiger partial charge in [-0.2, -0.15) is 0 Å². The van der Waals surface area contributed by atoms with Crippen LogP contribution < -0.4 is 4.74 Å². The average molecular weight is 289 g/mol. The van der Waals surface area contributed by atoms with E-state index in [0.717, 1.165) is 37.4 Å². The van der Waals surface area contributed by atoms with Crippen molar-refractivity contribution in [2.75, 3.05) is 19.8 Å². The zero-order valence-corrected chi connectivity index (χ0v) is 12.8. The van der Waals surface area contributed by atoms with Crippen molar-refractivity contribution >= 4 is 5.91 Å². The Hall–Kier alpha value is -1.55. The van der Waals surface area contributed by atoms with E-state index in [1.54, 1.807) is 0 Å². The van der Waals surface area contributed by atoms with E-state index in [1.807, 2.05) is 17.0 Å². The molecule has 1 aromatic carbocycles. The van der Waals surface area contributed by atoms with E-state index in [4.69, 9.17) is 9.47 Å². The maximum absolute atomic E-state index is 12.7. The van der Waals surface area contributed by atoms with E-state index in [1.165, 1.54) is 5.56 Å². The molecule has 0 spiro atoms. The molecule has 1 aromatic rings. The van der Waals surface area contributed by atoms with Crippen LogP contribution in [0.25, 0.3) is 0 Å². The molecule has 1 fully saturated rings. The van der Waals surface area contributed by atoms with Gasteiger partial charge in [-0.15, -0.1) is 0 Å². The number of fused-ring (bicyclic) bond motifs is 1. The fourth-order valence-corrected chi connectivity index (χ4v) is 3.27. The maximum atomic E-state index is 12.7. The van der Waals surface area contributed by atoms with Crippen LogP contribution in [-0.2, 0) is 22.4 Å². The molecule has 0 radical (unpaired) electrons. The monoisotopic (exact) mass is 289 g/mol. The van der Waals surface area contributed by atoms with Gasteiger partial charge in [0.05, 0.1) is 25.7 Å². The summed E-state index contributed by atoms with van der Waals surface area (Å²) in [6, 6.07) is 6.55. The van der Waals surface area contributed by atoms with E-state index >= 15 is 0 Å². The van der Waals surface area contributed by atoms with Crippen molar-refractivity contribution in [1.29, 1.82) is 0 Å². The number of carbonyl (C=O) groups excluding carboxylic acids is 1. The van der Waals surface area contributed by atoms with Crippen LogP contribution >= 0.6 is 0 Å². The molecule has 1 atom stereocenters. The van der Waals surface area contributed by atoms with Crippen LogP contribution in [0, 0.1) is 0 Å². The SMILES string of the molecule is CC(C)N(C(=O)Cc1ccc2c(c1)CCO2)C1CCOC1. The summed E-state index contributed by atoms with van der Waals surface area (Å²) in [5.74, 6) is 1.16. The lowest BCUT2D eigenvalue weighted by atomic mass is 10.0. The lowest BCUT2D eigenvalue weighted by Gasteiger charge is -2.32. The van der Waals surface area contributed by atoms with Gasteiger partial charge in [-0.25, -0.2) is 0 Å². The maximum Gasteiger partial charge on any atom is 0.227 e. The Morgan fingerprint density at radius 1 is 1.38 bits per heavy atom. The van der Waals surface area contributed by atoms with E-state index in [9.17, 15) is 4.79 Å². The second-order valence-corrected chi connectivity index (χ2v) is 6.13. The van der Waals surface area contributed by atoms with Crippen molar-refractivity contribution in [1.82, 2.24) is 4.90 Å². The normalized spacial score (nSPS) is 20.4. The summed E-state index contributed by atoms with van der Waals surface area (Å²) in [6.07, 6.45) is 2.35. The van der Waals surface area contributed by atoms with Crippen molar-refractivity contribution < 1.29 is 14.3 Å². The third-order valence-corrected chi connectivity index (χ3v) is 4.25. The Morgan fingerprint density at radius 3 is 2.95 bits per heavy atom. The van der Waals surface area contributed by atoms with Gasteiger partial charge in [0.15, 0.2) is 0 Å². The molecule has 4 heteroatoms. The first kappa shape index (κ1) is 14.4. The molecule has 0 N–H and O–H groups in total. The zero-order valence-electron chi connectivity index (χ0n) is 12.8. The number of rotatable bonds is 4. The first-order chi connectivity index (χ1) is 10.1. The molecular formula is C17H23NO3. The molecule has 2 heterocycles. The summed E-state index contributed by atoms with van der Waals surface area (Å²) in [6.45, 7) is 6.34. The second-order valence-electron chi connectivity index (χ2n) is 6.13. The minimum atomic E-state index is 0.194. The molecule has 2 aliphatic heterocycles. The standard InChI is InChI=1S/C17H23NO3/c1-12(2)18(15-6-7-20-11-15)17(19)10-13-3-4-16-14(9-13)5-8-21-16/h3-4,9,12,15H,5-8,10-11H2,1-2H3. The number of amides is 1. The largest absolute Gasteiger partial charge is 0.493 e. The van der Waals surface area contributed by atoms with Gasteiger partial charge in [-0.05, 0) is 37.5 Å². The highest BCUT2D eigenvalue weighted by Crippen LogP contribution is 2.26. The molecule has 21 heavy (non-hydrogen) atoms. The third-order valence-electron chi connectivity index (χ3n) is 4.25. The molecule has 114 valence electrons. The first-order valence-corrected chi connectivity index (χ1v) is 7.78. The van der Waals surface area contributed by atoms with Crippen molar-refractivity contribution in [3.8, 4) is 5.75 Å². The summed E-state index contributed by atoms with van der Waals surface area (Å²) in [4.78, 5) is 14.7. The van der Waals surface area contributed by atoms with Gasteiger partial charge in [0.1, 0.15) is 5.75 Å². The molecule has 1 unspecified atom stereocenters. The molecule has 1 amide bonds. The molecule has 3 rings (SSSR count). The minimum absolute atomic E-state index is 0.194. The van der Waals surface area contributed by atoms with Crippen molar-refractivity contribution in [3.05, 3.63) is 29.3 Å². The summed E-state index contributed by atoms with van der Waals surface area (Å²) in [7, 11) is 0. The first-order valence-electron chi connectivity index (χ1n) is 7.78. The topological polar surface area (TPSA) is 38.8 Å². The highest BCUT2D eigenvalue weighted by atomic mass is 16.5. The van der Waals surface area contributed by atoms with Crippen LogP contribution in [0.2, 0.25) is 0 Å². The predicted octanol–water partition coefficient (Wildman–Crippen LogP) is 2.19. The molecule has 0 aliphatic carbocycles. The molecule has 0 saturated carbocycles. The van der Waals surface area contributed by atoms with Gasteiger partial charge >= 0.3 is 0 Å². The average Bonchev–Trinajstić information content (AvgIpc) is 3.08. The van der Waals surface area contributed by atoms with Gasteiger partial charge in [0.2, 0.25) is 5.91 Å². The fraction of sp³-hybridized carbons (Fsp3) is 0.588. The number of hydrogen-bond donors (Lipinski definition) is 0. The van der Waals surface area contributed by atoms with E-state index in [2.05, 4.69) is 19.9 Å². The van der Waals surface area contributed by atoms with Gasteiger partial charge in [0.25, 0.3) is 0 Å². The van der Waals surface area contributed by atoms with Crippen molar-refractivity contribution in [2.24, 2.45) is 0 Å². The molecular weight excluding hydrogens is 266 g/mol. The summed E-state index contributed by atoms with van der Waals surface area (Å²) in [5.41, 5.74) is 2.30. The molecule has 2 aliphatic rings. The highest BCUT2D eigenvalue weighted by molar-refractivity contribution is 5.79. The van der Waals surface area contributed by atoms with Crippen LogP contribution in [0.15, 0.2) is 18.2 Å². The van der Waals surface area contributed by atoms with Crippen molar-refractivity contribution in [2.45, 2.75) is 45.2 Å². The quantitative estimate of drug-likeness (QED) is 0.853. The van der Waals surface area contributed by atoms with Gasteiger partial charge in [-0.3, -0.25) is 4.79 Å². The van der Waals surface area contributed by atoms with Crippen LogP contribution in [-0.4, -0.2) is 42.7 Å². The Kier molecular flexibility index (Phi) is 4.15. The third kappa shape index (κ3) is 3.05. The predicted molar refractivity (Wildman–Crippen MR) is 80.6 cm³/mol. The van der Waals surface area contributed by atoms with E-state index < -0.39 is 0 Å². The summed E-state index contributed by atoms with van der Waals surface area (Å²) >= 11 is 0. The van der Waals surface area contributed by atoms with Crippen LogP contribution in [0.1, 0.15) is 31.4 Å². The van der Waals surface area contributed by atoms with E-state index in [-0.39, 0.29) is 18.0 Å². The Labute approximate surface area is 126 Å². The molecule has 0 bridgehead atoms. The smallest absolute Gasteiger partial charge is 0.227 e. The summed E-state index contributed by atoms with van der Waals surface area (Å²) in [5, 5.41) is 0. The number of nitrogens with zero attached hydrogens (tertiary/aromatic N) is 1. The van der Waals surface area contributed by atoms with Crippen LogP contribution in [0.5, 0.6) is 5.75 Å². The Bertz CT molecular complexity index is 521. The van der Waals surface area contributed by atoms with Crippen LogP contribution in [0.3, 0.4) is 0 Å². The van der Waals surface area contributed by atoms with Gasteiger partial charge < -0.3 is 14.4 Å². The summed E-state index contributed by atoms with van der Waals surface area (Å²) < 4.78 is 11.0. The highest BCUT2D eigenvalue weighted by Gasteiger charge is 2.29. The molecule has 1 saturated heterocycles. The lowest BCUT2D eigenvalue weighted by molar-refractivity contribution is -0.134. The van der Waals surface area contributed by atoms with Gasteiger partial charge in [-0.1, -0.05) is 12.1 Å². The van der Waals surface area contributed by atoms with Crippen LogP contribution in [0.4, 0.5) is 0 Å². The lowest BCUT2D eigenvalue weighted by Crippen LogP contribution is -2.46. The number of benzene rings is 1. The number of carbonyl (C=O) groups is 1. The number of hydrogen-bond acceptors (Lipinski definition) is 3. The molecule has 4 nitrogen and oxygen atoms in total. The fourth-order valence-electron chi connectivity index (χ4n) is 3.27. The van der Waals surface area contributed by atoms with Crippen molar-refractivity contribution in [3.63, 3.8) is 0 Å². The molecule has 0 aromatic heterocycles. The Morgan fingerprint density at radius 2 is 2.24 bits per heavy atom.